The highest BCUT2D eigenvalue weighted by atomic mass is 35.5. The highest BCUT2D eigenvalue weighted by Crippen LogP contribution is 2.06. The van der Waals surface area contributed by atoms with E-state index in [2.05, 4.69) is 15.5 Å². The molecule has 2 aromatic rings. The van der Waals surface area contributed by atoms with Gasteiger partial charge in [-0.25, -0.2) is 0 Å². The maximum absolute atomic E-state index is 12.1. The Kier molecular flexibility index (Phi) is 7.36. The molecule has 2 rings (SSSR count). The molecular weight excluding hydrogens is 289 g/mol. The van der Waals surface area contributed by atoms with Crippen LogP contribution in [0.4, 0.5) is 0 Å². The van der Waals surface area contributed by atoms with Crippen molar-refractivity contribution in [3.8, 4) is 0 Å². The summed E-state index contributed by atoms with van der Waals surface area (Å²) in [6, 6.07) is 3.55. The van der Waals surface area contributed by atoms with E-state index in [4.69, 9.17) is 0 Å². The predicted molar refractivity (Wildman–Crippen MR) is 78.4 cm³/mol. The van der Waals surface area contributed by atoms with Crippen LogP contribution >= 0.6 is 24.8 Å². The van der Waals surface area contributed by atoms with Crippen molar-refractivity contribution in [1.82, 2.24) is 24.8 Å². The third kappa shape index (κ3) is 4.05. The summed E-state index contributed by atoms with van der Waals surface area (Å²) in [4.78, 5) is 13.7. The van der Waals surface area contributed by atoms with Crippen LogP contribution in [0.3, 0.4) is 0 Å². The number of nitrogens with zero attached hydrogens (tertiary/aromatic N) is 4. The molecule has 0 atom stereocenters. The molecule has 1 N–H and O–H groups in total. The number of hydrogen-bond acceptors (Lipinski definition) is 4. The fourth-order valence-electron chi connectivity index (χ4n) is 1.56. The largest absolute Gasteiger partial charge is 0.340 e. The van der Waals surface area contributed by atoms with Crippen LogP contribution in [0.5, 0.6) is 0 Å². The number of carbonyl (C=O) groups is 1. The first-order chi connectivity index (χ1) is 8.22. The highest BCUT2D eigenvalue weighted by Gasteiger charge is 2.11. The van der Waals surface area contributed by atoms with Gasteiger partial charge in [-0.2, -0.15) is 0 Å². The number of pyridine rings is 1. The van der Waals surface area contributed by atoms with Crippen molar-refractivity contribution in [3.05, 3.63) is 30.2 Å². The molecule has 1 amide bonds. The van der Waals surface area contributed by atoms with Crippen LogP contribution in [0.25, 0.3) is 5.65 Å². The van der Waals surface area contributed by atoms with Crippen molar-refractivity contribution < 1.29 is 4.79 Å². The first-order valence-corrected chi connectivity index (χ1v) is 5.42. The summed E-state index contributed by atoms with van der Waals surface area (Å²) >= 11 is 0. The summed E-state index contributed by atoms with van der Waals surface area (Å²) in [7, 11) is 3.65. The van der Waals surface area contributed by atoms with Crippen LogP contribution in [0, 0.1) is 0 Å². The molecule has 0 unspecified atom stereocenters. The normalized spacial score (nSPS) is 9.58. The smallest absolute Gasteiger partial charge is 0.255 e. The minimum absolute atomic E-state index is 0. The third-order valence-electron chi connectivity index (χ3n) is 2.58. The van der Waals surface area contributed by atoms with Crippen LogP contribution in [0.1, 0.15) is 10.4 Å². The second-order valence-electron chi connectivity index (χ2n) is 3.84. The number of rotatable bonds is 4. The lowest BCUT2D eigenvalue weighted by molar-refractivity contribution is 0.0796. The summed E-state index contributed by atoms with van der Waals surface area (Å²) in [5.74, 6) is -0.00384. The zero-order valence-corrected chi connectivity index (χ0v) is 12.4. The molecule has 0 spiro atoms. The maximum atomic E-state index is 12.1. The molecule has 2 aromatic heterocycles. The lowest BCUT2D eigenvalue weighted by Crippen LogP contribution is -2.32. The lowest BCUT2D eigenvalue weighted by Gasteiger charge is -2.16. The Hall–Kier alpha value is -1.37. The number of fused-ring (bicyclic) bond motifs is 1. The van der Waals surface area contributed by atoms with Gasteiger partial charge in [0.1, 0.15) is 6.33 Å². The van der Waals surface area contributed by atoms with Crippen molar-refractivity contribution in [2.75, 3.05) is 27.2 Å². The number of carbonyl (C=O) groups excluding carboxylic acids is 1. The Balaban J connectivity index is 0.00000162. The van der Waals surface area contributed by atoms with Crippen molar-refractivity contribution in [2.24, 2.45) is 0 Å². The SMILES string of the molecule is CNCCN(C)C(=O)c1ccc2nncn2c1.Cl.Cl. The summed E-state index contributed by atoms with van der Waals surface area (Å²) in [6.07, 6.45) is 3.33. The Morgan fingerprint density at radius 2 is 2.16 bits per heavy atom. The Bertz CT molecular complexity index is 531. The van der Waals surface area contributed by atoms with Gasteiger partial charge >= 0.3 is 0 Å². The summed E-state index contributed by atoms with van der Waals surface area (Å²) in [5.41, 5.74) is 1.37. The van der Waals surface area contributed by atoms with Gasteiger partial charge in [0.05, 0.1) is 5.56 Å². The van der Waals surface area contributed by atoms with Crippen molar-refractivity contribution >= 4 is 36.4 Å². The summed E-state index contributed by atoms with van der Waals surface area (Å²) in [6.45, 7) is 1.45. The molecule has 0 saturated heterocycles. The van der Waals surface area contributed by atoms with Gasteiger partial charge in [-0.1, -0.05) is 0 Å². The molecule has 8 heteroatoms. The van der Waals surface area contributed by atoms with E-state index in [1.54, 1.807) is 41.0 Å². The van der Waals surface area contributed by atoms with Crippen LogP contribution in [0.2, 0.25) is 0 Å². The standard InChI is InChI=1S/C11H15N5O.2ClH/c1-12-5-6-15(2)11(17)9-3-4-10-14-13-8-16(10)7-9;;/h3-4,7-8,12H,5-6H2,1-2H3;2*1H. The minimum Gasteiger partial charge on any atom is -0.340 e. The monoisotopic (exact) mass is 305 g/mol. The average Bonchev–Trinajstić information content (AvgIpc) is 2.81. The Morgan fingerprint density at radius 3 is 2.84 bits per heavy atom. The average molecular weight is 306 g/mol. The number of likely N-dealkylation sites (N-methyl/N-ethyl adjacent to an activating group) is 2. The highest BCUT2D eigenvalue weighted by molar-refractivity contribution is 5.94. The predicted octanol–water partition coefficient (Wildman–Crippen LogP) is 0.864. The van der Waals surface area contributed by atoms with E-state index in [1.807, 2.05) is 7.05 Å². The minimum atomic E-state index is -0.00384. The van der Waals surface area contributed by atoms with E-state index >= 15 is 0 Å². The van der Waals surface area contributed by atoms with E-state index in [9.17, 15) is 4.79 Å². The van der Waals surface area contributed by atoms with Gasteiger partial charge < -0.3 is 10.2 Å². The lowest BCUT2D eigenvalue weighted by atomic mass is 10.2. The molecule has 0 aliphatic rings. The van der Waals surface area contributed by atoms with E-state index in [0.717, 1.165) is 12.2 Å². The zero-order valence-electron chi connectivity index (χ0n) is 10.7. The molecule has 0 aliphatic heterocycles. The molecule has 0 bridgehead atoms. The molecule has 0 aromatic carbocycles. The van der Waals surface area contributed by atoms with Gasteiger partial charge in [-0.15, -0.1) is 35.0 Å². The van der Waals surface area contributed by atoms with E-state index in [-0.39, 0.29) is 30.7 Å². The molecule has 0 fully saturated rings. The summed E-state index contributed by atoms with van der Waals surface area (Å²) < 4.78 is 1.74. The van der Waals surface area contributed by atoms with Crippen LogP contribution in [0.15, 0.2) is 24.7 Å². The second kappa shape index (κ2) is 7.93. The maximum Gasteiger partial charge on any atom is 0.255 e. The number of hydrogen-bond donors (Lipinski definition) is 1. The summed E-state index contributed by atoms with van der Waals surface area (Å²) in [5, 5.41) is 10.7. The number of aromatic nitrogens is 3. The number of nitrogens with one attached hydrogen (secondary N) is 1. The van der Waals surface area contributed by atoms with Crippen molar-refractivity contribution in [1.29, 1.82) is 0 Å². The van der Waals surface area contributed by atoms with Crippen molar-refractivity contribution in [2.45, 2.75) is 0 Å². The molecule has 6 nitrogen and oxygen atoms in total. The molecular formula is C11H17Cl2N5O. The van der Waals surface area contributed by atoms with E-state index in [0.29, 0.717) is 12.1 Å². The fourth-order valence-corrected chi connectivity index (χ4v) is 1.56. The molecule has 19 heavy (non-hydrogen) atoms. The second-order valence-corrected chi connectivity index (χ2v) is 3.84. The molecule has 0 saturated carbocycles. The topological polar surface area (TPSA) is 62.5 Å². The fraction of sp³-hybridized carbons (Fsp3) is 0.364. The van der Waals surface area contributed by atoms with Gasteiger partial charge in [0, 0.05) is 26.3 Å². The van der Waals surface area contributed by atoms with Gasteiger partial charge in [0.25, 0.3) is 5.91 Å². The quantitative estimate of drug-likeness (QED) is 0.910. The van der Waals surface area contributed by atoms with Crippen LogP contribution in [-0.2, 0) is 0 Å². The third-order valence-corrected chi connectivity index (χ3v) is 2.58. The molecule has 2 heterocycles. The Labute approximate surface area is 124 Å². The van der Waals surface area contributed by atoms with Gasteiger partial charge in [0.15, 0.2) is 5.65 Å². The van der Waals surface area contributed by atoms with Gasteiger partial charge in [0.2, 0.25) is 0 Å². The van der Waals surface area contributed by atoms with Crippen LogP contribution in [-0.4, -0.2) is 52.6 Å². The number of amides is 1. The van der Waals surface area contributed by atoms with Crippen molar-refractivity contribution in [3.63, 3.8) is 0 Å². The van der Waals surface area contributed by atoms with Gasteiger partial charge in [-0.05, 0) is 19.2 Å². The molecule has 106 valence electrons. The van der Waals surface area contributed by atoms with Crippen LogP contribution < -0.4 is 5.32 Å². The van der Waals surface area contributed by atoms with E-state index < -0.39 is 0 Å². The van der Waals surface area contributed by atoms with Gasteiger partial charge in [-0.3, -0.25) is 9.20 Å². The first kappa shape index (κ1) is 17.6. The van der Waals surface area contributed by atoms with E-state index in [1.165, 1.54) is 0 Å². The first-order valence-electron chi connectivity index (χ1n) is 5.42. The molecule has 0 aliphatic carbocycles. The Morgan fingerprint density at radius 1 is 1.42 bits per heavy atom. The zero-order chi connectivity index (χ0) is 12.3. The molecule has 0 radical (unpaired) electrons. The number of halogens is 2.